The van der Waals surface area contributed by atoms with Gasteiger partial charge in [0.2, 0.25) is 5.95 Å². The van der Waals surface area contributed by atoms with E-state index in [1.807, 2.05) is 42.5 Å². The summed E-state index contributed by atoms with van der Waals surface area (Å²) in [5.41, 5.74) is 1.99. The van der Waals surface area contributed by atoms with Gasteiger partial charge < -0.3 is 10.4 Å². The monoisotopic (exact) mass is 344 g/mol. The molecule has 0 saturated carbocycles. The van der Waals surface area contributed by atoms with Crippen molar-refractivity contribution in [3.63, 3.8) is 0 Å². The predicted octanol–water partition coefficient (Wildman–Crippen LogP) is 3.02. The topological polar surface area (TPSA) is 80.0 Å². The van der Waals surface area contributed by atoms with Crippen LogP contribution in [0.4, 0.5) is 11.6 Å². The first-order valence-corrected chi connectivity index (χ1v) is 8.16. The van der Waals surface area contributed by atoms with Gasteiger partial charge in [-0.15, -0.1) is 0 Å². The number of aromatic nitrogens is 3. The summed E-state index contributed by atoms with van der Waals surface area (Å²) < 4.78 is 1.46. The summed E-state index contributed by atoms with van der Waals surface area (Å²) in [4.78, 5) is 22.0. The number of aliphatic hydroxyl groups excluding tert-OH is 1. The van der Waals surface area contributed by atoms with E-state index < -0.39 is 0 Å². The molecule has 0 fully saturated rings. The summed E-state index contributed by atoms with van der Waals surface area (Å²) >= 11 is 0. The highest BCUT2D eigenvalue weighted by molar-refractivity contribution is 5.79. The number of para-hydroxylation sites is 1. The number of anilines is 2. The first-order valence-electron chi connectivity index (χ1n) is 8.16. The Hall–Kier alpha value is -3.51. The predicted molar refractivity (Wildman–Crippen MR) is 101 cm³/mol. The summed E-state index contributed by atoms with van der Waals surface area (Å²) in [5.74, 6) is 0.870. The Morgan fingerprint density at radius 3 is 2.46 bits per heavy atom. The van der Waals surface area contributed by atoms with Crippen molar-refractivity contribution < 1.29 is 5.11 Å². The molecule has 0 saturated heterocycles. The Kier molecular flexibility index (Phi) is 4.17. The molecule has 2 aromatic carbocycles. The van der Waals surface area contributed by atoms with Crippen LogP contribution >= 0.6 is 0 Å². The lowest BCUT2D eigenvalue weighted by molar-refractivity contribution is 0.282. The van der Waals surface area contributed by atoms with Gasteiger partial charge in [0.05, 0.1) is 17.5 Å². The number of nitrogens with zero attached hydrogens (tertiary/aromatic N) is 3. The van der Waals surface area contributed by atoms with Crippen molar-refractivity contribution in [1.29, 1.82) is 0 Å². The van der Waals surface area contributed by atoms with Crippen molar-refractivity contribution in [1.82, 2.24) is 14.5 Å². The number of aliphatic hydroxyl groups is 1. The van der Waals surface area contributed by atoms with E-state index in [-0.39, 0.29) is 12.2 Å². The quantitative estimate of drug-likeness (QED) is 0.595. The fourth-order valence-electron chi connectivity index (χ4n) is 2.74. The Morgan fingerprint density at radius 2 is 1.73 bits per heavy atom. The second-order valence-corrected chi connectivity index (χ2v) is 5.76. The van der Waals surface area contributed by atoms with Gasteiger partial charge in [-0.2, -0.15) is 0 Å². The molecule has 2 heterocycles. The van der Waals surface area contributed by atoms with Crippen LogP contribution in [0.25, 0.3) is 16.7 Å². The van der Waals surface area contributed by atoms with Crippen LogP contribution in [0.2, 0.25) is 0 Å². The second-order valence-electron chi connectivity index (χ2n) is 5.76. The van der Waals surface area contributed by atoms with Crippen LogP contribution in [0.15, 0.2) is 77.7 Å². The third kappa shape index (κ3) is 2.94. The maximum Gasteiger partial charge on any atom is 0.268 e. The van der Waals surface area contributed by atoms with E-state index in [9.17, 15) is 9.90 Å². The summed E-state index contributed by atoms with van der Waals surface area (Å²) in [6.07, 6.45) is 1.64. The van der Waals surface area contributed by atoms with Crippen LogP contribution in [0, 0.1) is 0 Å². The van der Waals surface area contributed by atoms with E-state index in [0.29, 0.717) is 22.7 Å². The molecule has 0 atom stereocenters. The van der Waals surface area contributed by atoms with Gasteiger partial charge in [-0.3, -0.25) is 4.79 Å². The van der Waals surface area contributed by atoms with Crippen molar-refractivity contribution >= 4 is 22.5 Å². The van der Waals surface area contributed by atoms with Crippen LogP contribution in [0.5, 0.6) is 0 Å². The molecule has 2 aromatic heterocycles. The van der Waals surface area contributed by atoms with E-state index in [1.54, 1.807) is 30.5 Å². The average molecular weight is 344 g/mol. The second kappa shape index (κ2) is 6.78. The van der Waals surface area contributed by atoms with E-state index in [4.69, 9.17) is 0 Å². The van der Waals surface area contributed by atoms with E-state index in [1.165, 1.54) is 4.57 Å². The summed E-state index contributed by atoms with van der Waals surface area (Å²) in [6, 6.07) is 19.9. The van der Waals surface area contributed by atoms with E-state index >= 15 is 0 Å². The van der Waals surface area contributed by atoms with Gasteiger partial charge in [0.15, 0.2) is 0 Å². The summed E-state index contributed by atoms with van der Waals surface area (Å²) in [7, 11) is 0. The Balaban J connectivity index is 1.90. The molecule has 0 aliphatic heterocycles. The van der Waals surface area contributed by atoms with Crippen LogP contribution in [0.3, 0.4) is 0 Å². The van der Waals surface area contributed by atoms with E-state index in [2.05, 4.69) is 15.3 Å². The molecule has 26 heavy (non-hydrogen) atoms. The molecule has 2 N–H and O–H groups in total. The van der Waals surface area contributed by atoms with Crippen LogP contribution in [0.1, 0.15) is 5.56 Å². The van der Waals surface area contributed by atoms with Gasteiger partial charge in [0.25, 0.3) is 5.56 Å². The number of hydrogen-bond acceptors (Lipinski definition) is 5. The third-order valence-electron chi connectivity index (χ3n) is 4.05. The Labute approximate surface area is 149 Å². The maximum atomic E-state index is 13.1. The molecule has 4 rings (SSSR count). The average Bonchev–Trinajstić information content (AvgIpc) is 2.69. The minimum atomic E-state index is -0.191. The first-order chi connectivity index (χ1) is 12.8. The first kappa shape index (κ1) is 16.0. The Morgan fingerprint density at radius 1 is 0.962 bits per heavy atom. The fraction of sp³-hybridized carbons (Fsp3) is 0.0500. The maximum absolute atomic E-state index is 13.1. The lowest BCUT2D eigenvalue weighted by Crippen LogP contribution is -2.23. The molecule has 4 aromatic rings. The number of benzene rings is 2. The molecule has 0 unspecified atom stereocenters. The highest BCUT2D eigenvalue weighted by Crippen LogP contribution is 2.19. The number of fused-ring (bicyclic) bond motifs is 1. The minimum Gasteiger partial charge on any atom is -0.392 e. The van der Waals surface area contributed by atoms with Crippen LogP contribution in [-0.2, 0) is 6.61 Å². The third-order valence-corrected chi connectivity index (χ3v) is 4.05. The molecular formula is C20H16N4O2. The molecule has 6 nitrogen and oxygen atoms in total. The van der Waals surface area contributed by atoms with Crippen LogP contribution < -0.4 is 10.9 Å². The van der Waals surface area contributed by atoms with Gasteiger partial charge in [-0.25, -0.2) is 14.5 Å². The molecule has 0 aliphatic rings. The molecule has 0 aliphatic carbocycles. The molecular weight excluding hydrogens is 328 g/mol. The molecule has 0 radical (unpaired) electrons. The van der Waals surface area contributed by atoms with E-state index in [0.717, 1.165) is 11.3 Å². The lowest BCUT2D eigenvalue weighted by atomic mass is 10.2. The molecule has 6 heteroatoms. The molecule has 0 spiro atoms. The summed E-state index contributed by atoms with van der Waals surface area (Å²) in [6.45, 7) is -0.0207. The van der Waals surface area contributed by atoms with Crippen molar-refractivity contribution in [3.8, 4) is 5.82 Å². The zero-order chi connectivity index (χ0) is 17.9. The number of nitrogens with one attached hydrogen (secondary N) is 1. The highest BCUT2D eigenvalue weighted by Gasteiger charge is 2.13. The minimum absolute atomic E-state index is 0.0207. The van der Waals surface area contributed by atoms with Crippen LogP contribution in [-0.4, -0.2) is 19.6 Å². The summed E-state index contributed by atoms with van der Waals surface area (Å²) in [5, 5.41) is 12.9. The van der Waals surface area contributed by atoms with Gasteiger partial charge in [-0.05, 0) is 42.0 Å². The zero-order valence-electron chi connectivity index (χ0n) is 13.8. The van der Waals surface area contributed by atoms with Gasteiger partial charge in [-0.1, -0.05) is 30.3 Å². The number of pyridine rings is 1. The largest absolute Gasteiger partial charge is 0.392 e. The molecule has 0 amide bonds. The lowest BCUT2D eigenvalue weighted by Gasteiger charge is -2.14. The standard InChI is InChI=1S/C20H16N4O2/c25-13-14-8-10-15(11-9-14)22-20-23-17-6-2-1-5-16(17)19(26)24(20)18-7-3-4-12-21-18/h1-12,25H,13H2,(H,22,23). The van der Waals surface area contributed by atoms with Gasteiger partial charge >= 0.3 is 0 Å². The normalized spacial score (nSPS) is 10.8. The van der Waals surface area contributed by atoms with Gasteiger partial charge in [0.1, 0.15) is 5.82 Å². The van der Waals surface area contributed by atoms with Gasteiger partial charge in [0, 0.05) is 11.9 Å². The Bertz CT molecular complexity index is 1110. The SMILES string of the molecule is O=c1c2ccccc2nc(Nc2ccc(CO)cc2)n1-c1ccccn1. The molecule has 0 bridgehead atoms. The van der Waals surface area contributed by atoms with Crippen molar-refractivity contribution in [2.75, 3.05) is 5.32 Å². The number of rotatable bonds is 4. The smallest absolute Gasteiger partial charge is 0.268 e. The van der Waals surface area contributed by atoms with Crippen molar-refractivity contribution in [2.45, 2.75) is 6.61 Å². The zero-order valence-corrected chi connectivity index (χ0v) is 13.8. The highest BCUT2D eigenvalue weighted by atomic mass is 16.3. The fourth-order valence-corrected chi connectivity index (χ4v) is 2.74. The number of hydrogen-bond donors (Lipinski definition) is 2. The van der Waals surface area contributed by atoms with Crippen molar-refractivity contribution in [3.05, 3.63) is 88.8 Å². The molecule has 128 valence electrons. The van der Waals surface area contributed by atoms with Crippen molar-refractivity contribution in [2.24, 2.45) is 0 Å².